The molecule has 0 aromatic heterocycles. The maximum absolute atomic E-state index is 12.5. The van der Waals surface area contributed by atoms with Gasteiger partial charge in [0.05, 0.1) is 50.7 Å². The Morgan fingerprint density at radius 3 is 2.14 bits per heavy atom. The highest BCUT2D eigenvalue weighted by Gasteiger charge is 2.22. The van der Waals surface area contributed by atoms with Crippen LogP contribution in [0.1, 0.15) is 54.8 Å². The topological polar surface area (TPSA) is 90.9 Å². The SMILES string of the molecule is CCOCCOCCOCCC(=O)Nc1cccc(C(C)=O)c1C(=O)C(C)C. The molecule has 0 atom stereocenters. The minimum atomic E-state index is -0.290. The first kappa shape index (κ1) is 23.9. The second-order valence-electron chi connectivity index (χ2n) is 6.52. The summed E-state index contributed by atoms with van der Waals surface area (Å²) >= 11 is 0. The van der Waals surface area contributed by atoms with Crippen LogP contribution in [0.15, 0.2) is 18.2 Å². The molecule has 0 fully saturated rings. The molecular formula is C21H31NO6. The number of benzene rings is 1. The Balaban J connectivity index is 2.52. The summed E-state index contributed by atoms with van der Waals surface area (Å²) in [4.78, 5) is 36.6. The predicted octanol–water partition coefficient (Wildman–Crippen LogP) is 3.13. The van der Waals surface area contributed by atoms with Crippen molar-refractivity contribution in [1.29, 1.82) is 0 Å². The first-order valence-corrected chi connectivity index (χ1v) is 9.59. The van der Waals surface area contributed by atoms with Crippen molar-refractivity contribution in [3.63, 3.8) is 0 Å². The van der Waals surface area contributed by atoms with Crippen LogP contribution in [0.5, 0.6) is 0 Å². The van der Waals surface area contributed by atoms with Gasteiger partial charge in [-0.2, -0.15) is 0 Å². The van der Waals surface area contributed by atoms with Gasteiger partial charge >= 0.3 is 0 Å². The molecule has 0 radical (unpaired) electrons. The summed E-state index contributed by atoms with van der Waals surface area (Å²) in [6, 6.07) is 4.88. The fourth-order valence-corrected chi connectivity index (χ4v) is 2.47. The number of ether oxygens (including phenoxy) is 3. The first-order valence-electron chi connectivity index (χ1n) is 9.59. The van der Waals surface area contributed by atoms with E-state index in [2.05, 4.69) is 5.32 Å². The molecule has 1 rings (SSSR count). The Morgan fingerprint density at radius 1 is 0.964 bits per heavy atom. The van der Waals surface area contributed by atoms with Crippen LogP contribution in [-0.4, -0.2) is 57.1 Å². The van der Waals surface area contributed by atoms with Gasteiger partial charge in [-0.1, -0.05) is 26.0 Å². The molecular weight excluding hydrogens is 362 g/mol. The molecule has 1 aromatic carbocycles. The Morgan fingerprint density at radius 2 is 1.57 bits per heavy atom. The van der Waals surface area contributed by atoms with E-state index in [1.54, 1.807) is 32.0 Å². The Labute approximate surface area is 166 Å². The van der Waals surface area contributed by atoms with Crippen LogP contribution in [-0.2, 0) is 19.0 Å². The summed E-state index contributed by atoms with van der Waals surface area (Å²) < 4.78 is 15.8. The minimum absolute atomic E-state index is 0.137. The van der Waals surface area contributed by atoms with Crippen molar-refractivity contribution in [3.05, 3.63) is 29.3 Å². The maximum Gasteiger partial charge on any atom is 0.226 e. The summed E-state index contributed by atoms with van der Waals surface area (Å²) in [7, 11) is 0. The van der Waals surface area contributed by atoms with Crippen LogP contribution >= 0.6 is 0 Å². The number of carbonyl (C=O) groups is 3. The number of hydrogen-bond acceptors (Lipinski definition) is 6. The molecule has 156 valence electrons. The average molecular weight is 393 g/mol. The Hall–Kier alpha value is -2.09. The fraction of sp³-hybridized carbons (Fsp3) is 0.571. The summed E-state index contributed by atoms with van der Waals surface area (Å²) in [5.41, 5.74) is 0.939. The van der Waals surface area contributed by atoms with E-state index in [1.807, 2.05) is 6.92 Å². The monoisotopic (exact) mass is 393 g/mol. The second-order valence-corrected chi connectivity index (χ2v) is 6.52. The lowest BCUT2D eigenvalue weighted by Crippen LogP contribution is -2.20. The van der Waals surface area contributed by atoms with Crippen molar-refractivity contribution < 1.29 is 28.6 Å². The predicted molar refractivity (Wildman–Crippen MR) is 107 cm³/mol. The lowest BCUT2D eigenvalue weighted by Gasteiger charge is -2.15. The van der Waals surface area contributed by atoms with Crippen molar-refractivity contribution >= 4 is 23.2 Å². The van der Waals surface area contributed by atoms with Gasteiger partial charge in [0.2, 0.25) is 5.91 Å². The van der Waals surface area contributed by atoms with Crippen LogP contribution in [0.3, 0.4) is 0 Å². The molecule has 0 saturated carbocycles. The van der Waals surface area contributed by atoms with E-state index in [-0.39, 0.29) is 42.0 Å². The highest BCUT2D eigenvalue weighted by Crippen LogP contribution is 2.24. The Bertz CT molecular complexity index is 656. The highest BCUT2D eigenvalue weighted by atomic mass is 16.5. The van der Waals surface area contributed by atoms with E-state index in [0.29, 0.717) is 44.3 Å². The molecule has 1 N–H and O–H groups in total. The van der Waals surface area contributed by atoms with Crippen molar-refractivity contribution in [2.24, 2.45) is 5.92 Å². The number of hydrogen-bond donors (Lipinski definition) is 1. The third-order valence-corrected chi connectivity index (χ3v) is 3.91. The number of nitrogens with one attached hydrogen (secondary N) is 1. The lowest BCUT2D eigenvalue weighted by atomic mass is 9.93. The van der Waals surface area contributed by atoms with Crippen LogP contribution in [0, 0.1) is 5.92 Å². The second kappa shape index (κ2) is 13.1. The molecule has 7 nitrogen and oxygen atoms in total. The maximum atomic E-state index is 12.5. The van der Waals surface area contributed by atoms with Crippen molar-refractivity contribution in [2.75, 3.05) is 45.0 Å². The summed E-state index contributed by atoms with van der Waals surface area (Å²) in [6.45, 7) is 9.62. The molecule has 0 spiro atoms. The molecule has 1 amide bonds. The van der Waals surface area contributed by atoms with Crippen LogP contribution in [0.25, 0.3) is 0 Å². The zero-order valence-electron chi connectivity index (χ0n) is 17.2. The third-order valence-electron chi connectivity index (χ3n) is 3.91. The lowest BCUT2D eigenvalue weighted by molar-refractivity contribution is -0.117. The molecule has 0 saturated heterocycles. The number of amides is 1. The zero-order chi connectivity index (χ0) is 20.9. The van der Waals surface area contributed by atoms with Gasteiger partial charge in [0.1, 0.15) is 0 Å². The first-order chi connectivity index (χ1) is 13.4. The third kappa shape index (κ3) is 8.29. The zero-order valence-corrected chi connectivity index (χ0v) is 17.2. The van der Waals surface area contributed by atoms with E-state index in [9.17, 15) is 14.4 Å². The standard InChI is InChI=1S/C21H31NO6/c1-5-26-11-12-28-14-13-27-10-9-19(24)22-18-8-6-7-17(16(4)23)20(18)21(25)15(2)3/h6-8,15H,5,9-14H2,1-4H3,(H,22,24). The van der Waals surface area contributed by atoms with Crippen molar-refractivity contribution in [3.8, 4) is 0 Å². The van der Waals surface area contributed by atoms with E-state index in [0.717, 1.165) is 0 Å². The van der Waals surface area contributed by atoms with Crippen molar-refractivity contribution in [2.45, 2.75) is 34.1 Å². The molecule has 28 heavy (non-hydrogen) atoms. The van der Waals surface area contributed by atoms with Crippen LogP contribution in [0.4, 0.5) is 5.69 Å². The minimum Gasteiger partial charge on any atom is -0.379 e. The molecule has 0 bridgehead atoms. The van der Waals surface area contributed by atoms with Gasteiger partial charge in [0, 0.05) is 18.1 Å². The van der Waals surface area contributed by atoms with Gasteiger partial charge in [-0.15, -0.1) is 0 Å². The summed E-state index contributed by atoms with van der Waals surface area (Å²) in [5, 5.41) is 2.73. The molecule has 1 aromatic rings. The molecule has 0 aliphatic heterocycles. The highest BCUT2D eigenvalue weighted by molar-refractivity contribution is 6.13. The molecule has 0 aliphatic carbocycles. The number of Topliss-reactive ketones (excluding diaryl/α,β-unsaturated/α-hetero) is 2. The van der Waals surface area contributed by atoms with Gasteiger partial charge in [-0.05, 0) is 19.9 Å². The van der Waals surface area contributed by atoms with Gasteiger partial charge in [-0.25, -0.2) is 0 Å². The summed E-state index contributed by atoms with van der Waals surface area (Å²) in [6.07, 6.45) is 0.137. The summed E-state index contributed by atoms with van der Waals surface area (Å²) in [5.74, 6) is -0.965. The number of ketones is 2. The smallest absolute Gasteiger partial charge is 0.226 e. The van der Waals surface area contributed by atoms with E-state index in [4.69, 9.17) is 14.2 Å². The Kier molecular flexibility index (Phi) is 11.2. The van der Waals surface area contributed by atoms with Gasteiger partial charge in [0.25, 0.3) is 0 Å². The van der Waals surface area contributed by atoms with E-state index >= 15 is 0 Å². The largest absolute Gasteiger partial charge is 0.379 e. The van der Waals surface area contributed by atoms with Crippen molar-refractivity contribution in [1.82, 2.24) is 0 Å². The van der Waals surface area contributed by atoms with Gasteiger partial charge < -0.3 is 19.5 Å². The van der Waals surface area contributed by atoms with Crippen LogP contribution in [0.2, 0.25) is 0 Å². The van der Waals surface area contributed by atoms with Gasteiger partial charge in [-0.3, -0.25) is 14.4 Å². The van der Waals surface area contributed by atoms with E-state index in [1.165, 1.54) is 6.92 Å². The van der Waals surface area contributed by atoms with Gasteiger partial charge in [0.15, 0.2) is 11.6 Å². The number of carbonyl (C=O) groups excluding carboxylic acids is 3. The molecule has 0 aliphatic rings. The fourth-order valence-electron chi connectivity index (χ4n) is 2.47. The quantitative estimate of drug-likeness (QED) is 0.386. The molecule has 0 unspecified atom stereocenters. The molecule has 7 heteroatoms. The number of anilines is 1. The average Bonchev–Trinajstić information content (AvgIpc) is 2.65. The normalized spacial score (nSPS) is 10.9. The number of rotatable bonds is 14. The van der Waals surface area contributed by atoms with E-state index < -0.39 is 0 Å². The van der Waals surface area contributed by atoms with Crippen LogP contribution < -0.4 is 5.32 Å². The molecule has 0 heterocycles.